The molecule has 104 valence electrons. The monoisotopic (exact) mass is 271 g/mol. The van der Waals surface area contributed by atoms with Crippen molar-refractivity contribution in [1.29, 1.82) is 0 Å². The van der Waals surface area contributed by atoms with E-state index in [1.165, 1.54) is 17.7 Å². The summed E-state index contributed by atoms with van der Waals surface area (Å²) in [7, 11) is 0. The second kappa shape index (κ2) is 4.54. The highest BCUT2D eigenvalue weighted by molar-refractivity contribution is 5.52. The molecule has 0 N–H and O–H groups in total. The Balaban J connectivity index is 1.72. The van der Waals surface area contributed by atoms with E-state index in [0.29, 0.717) is 5.89 Å². The number of nitrogens with zero attached hydrogens (tertiary/aromatic N) is 5. The molecule has 4 rings (SSSR count). The molecule has 0 spiro atoms. The zero-order valence-electron chi connectivity index (χ0n) is 11.5. The summed E-state index contributed by atoms with van der Waals surface area (Å²) in [5.41, 5.74) is 2.53. The van der Waals surface area contributed by atoms with Gasteiger partial charge in [-0.3, -0.25) is 0 Å². The number of aryl methyl sites for hydroxylation is 2. The topological polar surface area (TPSA) is 67.9 Å². The van der Waals surface area contributed by atoms with Crippen molar-refractivity contribution in [3.63, 3.8) is 0 Å². The lowest BCUT2D eigenvalue weighted by molar-refractivity contribution is 0.383. The molecular formula is C14H17N5O. The summed E-state index contributed by atoms with van der Waals surface area (Å²) in [5.74, 6) is 2.49. The van der Waals surface area contributed by atoms with Gasteiger partial charge in [0.25, 0.3) is 0 Å². The third-order valence-corrected chi connectivity index (χ3v) is 4.22. The van der Waals surface area contributed by atoms with Gasteiger partial charge in [0, 0.05) is 24.7 Å². The van der Waals surface area contributed by atoms with Crippen molar-refractivity contribution in [1.82, 2.24) is 20.1 Å². The molecule has 2 aromatic rings. The standard InChI is InChI=1S/C14H17N5O/c1-9-17-13(18-20-9)12-6-3-7-19(12)14-10-4-2-5-11(10)15-8-16-14/h8,12H,2-7H2,1H3/t12-/m1/s1. The Kier molecular flexibility index (Phi) is 2.68. The minimum atomic E-state index is 0.187. The van der Waals surface area contributed by atoms with Crippen LogP contribution in [0.3, 0.4) is 0 Å². The highest BCUT2D eigenvalue weighted by Crippen LogP contribution is 2.37. The Morgan fingerprint density at radius 2 is 2.20 bits per heavy atom. The number of rotatable bonds is 2. The maximum absolute atomic E-state index is 5.13. The van der Waals surface area contributed by atoms with Crippen LogP contribution in [-0.2, 0) is 12.8 Å². The predicted octanol–water partition coefficient (Wildman–Crippen LogP) is 2.00. The molecular weight excluding hydrogens is 254 g/mol. The van der Waals surface area contributed by atoms with Crippen molar-refractivity contribution in [2.24, 2.45) is 0 Å². The molecule has 2 aliphatic rings. The van der Waals surface area contributed by atoms with Gasteiger partial charge in [0.2, 0.25) is 5.89 Å². The molecule has 1 fully saturated rings. The fourth-order valence-corrected chi connectivity index (χ4v) is 3.33. The summed E-state index contributed by atoms with van der Waals surface area (Å²) in [6, 6.07) is 0.187. The van der Waals surface area contributed by atoms with E-state index in [1.807, 2.05) is 6.92 Å². The zero-order chi connectivity index (χ0) is 13.5. The van der Waals surface area contributed by atoms with E-state index in [4.69, 9.17) is 4.52 Å². The molecule has 0 unspecified atom stereocenters. The summed E-state index contributed by atoms with van der Waals surface area (Å²) in [4.78, 5) is 15.7. The average molecular weight is 271 g/mol. The van der Waals surface area contributed by atoms with Crippen molar-refractivity contribution >= 4 is 5.82 Å². The molecule has 20 heavy (non-hydrogen) atoms. The number of anilines is 1. The molecule has 6 heteroatoms. The van der Waals surface area contributed by atoms with Gasteiger partial charge in [0.05, 0.1) is 6.04 Å². The highest BCUT2D eigenvalue weighted by atomic mass is 16.5. The van der Waals surface area contributed by atoms with Crippen LogP contribution in [0.15, 0.2) is 10.9 Å². The molecule has 0 bridgehead atoms. The third kappa shape index (κ3) is 1.78. The first kappa shape index (κ1) is 11.8. The van der Waals surface area contributed by atoms with Crippen LogP contribution in [0.4, 0.5) is 5.82 Å². The molecule has 3 heterocycles. The first-order chi connectivity index (χ1) is 9.83. The Morgan fingerprint density at radius 1 is 1.25 bits per heavy atom. The minimum Gasteiger partial charge on any atom is -0.346 e. The van der Waals surface area contributed by atoms with E-state index in [0.717, 1.165) is 43.9 Å². The van der Waals surface area contributed by atoms with Crippen LogP contribution in [0.5, 0.6) is 0 Å². The van der Waals surface area contributed by atoms with Gasteiger partial charge in [-0.1, -0.05) is 5.16 Å². The summed E-state index contributed by atoms with van der Waals surface area (Å²) in [6.45, 7) is 2.83. The normalized spacial score (nSPS) is 21.4. The molecule has 1 atom stereocenters. The molecule has 0 radical (unpaired) electrons. The lowest BCUT2D eigenvalue weighted by atomic mass is 10.2. The van der Waals surface area contributed by atoms with Crippen molar-refractivity contribution in [2.75, 3.05) is 11.4 Å². The molecule has 0 saturated carbocycles. The molecule has 0 amide bonds. The summed E-state index contributed by atoms with van der Waals surface area (Å²) >= 11 is 0. The van der Waals surface area contributed by atoms with Gasteiger partial charge in [-0.25, -0.2) is 9.97 Å². The summed E-state index contributed by atoms with van der Waals surface area (Å²) in [5, 5.41) is 4.10. The van der Waals surface area contributed by atoms with Crippen molar-refractivity contribution < 1.29 is 4.52 Å². The minimum absolute atomic E-state index is 0.187. The Morgan fingerprint density at radius 3 is 3.05 bits per heavy atom. The molecule has 6 nitrogen and oxygen atoms in total. The first-order valence-electron chi connectivity index (χ1n) is 7.22. The van der Waals surface area contributed by atoms with Crippen LogP contribution >= 0.6 is 0 Å². The van der Waals surface area contributed by atoms with Gasteiger partial charge in [-0.15, -0.1) is 0 Å². The van der Waals surface area contributed by atoms with Crippen molar-refractivity contribution in [3.05, 3.63) is 29.3 Å². The van der Waals surface area contributed by atoms with E-state index in [-0.39, 0.29) is 6.04 Å². The second-order valence-corrected chi connectivity index (χ2v) is 5.50. The van der Waals surface area contributed by atoms with Crippen molar-refractivity contribution in [3.8, 4) is 0 Å². The largest absolute Gasteiger partial charge is 0.346 e. The molecule has 1 aliphatic carbocycles. The summed E-state index contributed by atoms with van der Waals surface area (Å²) < 4.78 is 5.13. The van der Waals surface area contributed by atoms with Gasteiger partial charge in [0.1, 0.15) is 12.1 Å². The van der Waals surface area contributed by atoms with Gasteiger partial charge in [0.15, 0.2) is 5.82 Å². The van der Waals surface area contributed by atoms with Gasteiger partial charge in [-0.2, -0.15) is 4.98 Å². The van der Waals surface area contributed by atoms with Gasteiger partial charge in [-0.05, 0) is 32.1 Å². The fraction of sp³-hybridized carbons (Fsp3) is 0.571. The van der Waals surface area contributed by atoms with E-state index >= 15 is 0 Å². The van der Waals surface area contributed by atoms with E-state index in [1.54, 1.807) is 6.33 Å². The molecule has 1 aliphatic heterocycles. The quantitative estimate of drug-likeness (QED) is 0.832. The zero-order valence-corrected chi connectivity index (χ0v) is 11.5. The van der Waals surface area contributed by atoms with Crippen LogP contribution in [0, 0.1) is 6.92 Å². The average Bonchev–Trinajstić information content (AvgIpc) is 3.17. The molecule has 2 aromatic heterocycles. The lowest BCUT2D eigenvalue weighted by Gasteiger charge is -2.25. The lowest BCUT2D eigenvalue weighted by Crippen LogP contribution is -2.25. The van der Waals surface area contributed by atoms with Crippen LogP contribution < -0.4 is 4.90 Å². The van der Waals surface area contributed by atoms with Crippen LogP contribution in [-0.4, -0.2) is 26.7 Å². The second-order valence-electron chi connectivity index (χ2n) is 5.50. The first-order valence-corrected chi connectivity index (χ1v) is 7.22. The van der Waals surface area contributed by atoms with Crippen LogP contribution in [0.2, 0.25) is 0 Å². The fourth-order valence-electron chi connectivity index (χ4n) is 3.33. The smallest absolute Gasteiger partial charge is 0.223 e. The summed E-state index contributed by atoms with van der Waals surface area (Å²) in [6.07, 6.45) is 7.22. The number of hydrogen-bond acceptors (Lipinski definition) is 6. The number of hydrogen-bond donors (Lipinski definition) is 0. The van der Waals surface area contributed by atoms with E-state index in [9.17, 15) is 0 Å². The van der Waals surface area contributed by atoms with Crippen LogP contribution in [0.25, 0.3) is 0 Å². The van der Waals surface area contributed by atoms with Crippen molar-refractivity contribution in [2.45, 2.75) is 45.1 Å². The van der Waals surface area contributed by atoms with Gasteiger partial charge < -0.3 is 9.42 Å². The van der Waals surface area contributed by atoms with Crippen LogP contribution in [0.1, 0.15) is 48.3 Å². The molecule has 0 aromatic carbocycles. The van der Waals surface area contributed by atoms with E-state index < -0.39 is 0 Å². The number of fused-ring (bicyclic) bond motifs is 1. The number of aromatic nitrogens is 4. The SMILES string of the molecule is Cc1nc([C@H]2CCCN2c2ncnc3c2CCC3)no1. The third-order valence-electron chi connectivity index (χ3n) is 4.22. The maximum Gasteiger partial charge on any atom is 0.223 e. The Hall–Kier alpha value is -1.98. The molecule has 1 saturated heterocycles. The Labute approximate surface area is 117 Å². The highest BCUT2D eigenvalue weighted by Gasteiger charge is 2.33. The Bertz CT molecular complexity index is 638. The van der Waals surface area contributed by atoms with E-state index in [2.05, 4.69) is 25.0 Å². The van der Waals surface area contributed by atoms with Gasteiger partial charge >= 0.3 is 0 Å². The maximum atomic E-state index is 5.13. The predicted molar refractivity (Wildman–Crippen MR) is 72.4 cm³/mol.